The molecule has 0 amide bonds. The monoisotopic (exact) mass is 335 g/mol. The van der Waals surface area contributed by atoms with E-state index in [1.54, 1.807) is 0 Å². The van der Waals surface area contributed by atoms with Crippen molar-refractivity contribution in [1.82, 2.24) is 10.2 Å². The van der Waals surface area contributed by atoms with Gasteiger partial charge in [0.15, 0.2) is 5.96 Å². The molecule has 1 saturated carbocycles. The van der Waals surface area contributed by atoms with Crippen LogP contribution in [0.5, 0.6) is 0 Å². The van der Waals surface area contributed by atoms with E-state index < -0.39 is 0 Å². The fourth-order valence-electron chi connectivity index (χ4n) is 2.88. The molecule has 1 aromatic carbocycles. The molecule has 1 aliphatic heterocycles. The van der Waals surface area contributed by atoms with E-state index in [-0.39, 0.29) is 0 Å². The number of halogens is 1. The minimum Gasteiger partial charge on any atom is -0.370 e. The van der Waals surface area contributed by atoms with Crippen molar-refractivity contribution < 1.29 is 0 Å². The van der Waals surface area contributed by atoms with E-state index in [0.29, 0.717) is 12.0 Å². The van der Waals surface area contributed by atoms with Crippen LogP contribution in [-0.2, 0) is 0 Å². The predicted octanol–water partition coefficient (Wildman–Crippen LogP) is 1.92. The summed E-state index contributed by atoms with van der Waals surface area (Å²) >= 11 is 6.07. The minimum absolute atomic E-state index is 0.582. The van der Waals surface area contributed by atoms with E-state index in [1.165, 1.54) is 18.5 Å². The summed E-state index contributed by atoms with van der Waals surface area (Å²) in [5.74, 6) is 0.610. The maximum absolute atomic E-state index is 6.07. The maximum Gasteiger partial charge on any atom is 0.188 e. The van der Waals surface area contributed by atoms with Crippen molar-refractivity contribution in [3.63, 3.8) is 0 Å². The first-order chi connectivity index (χ1) is 11.2. The Hall–Kier alpha value is -1.46. The van der Waals surface area contributed by atoms with Gasteiger partial charge in [-0.25, -0.2) is 0 Å². The lowest BCUT2D eigenvalue weighted by Crippen LogP contribution is -2.46. The third-order valence-electron chi connectivity index (χ3n) is 4.39. The predicted molar refractivity (Wildman–Crippen MR) is 97.4 cm³/mol. The zero-order valence-corrected chi connectivity index (χ0v) is 14.3. The van der Waals surface area contributed by atoms with Crippen LogP contribution in [0.4, 0.5) is 5.69 Å². The highest BCUT2D eigenvalue weighted by Crippen LogP contribution is 2.20. The lowest BCUT2D eigenvalue weighted by atomic mass is 10.2. The number of piperazine rings is 1. The number of benzene rings is 1. The third-order valence-corrected chi connectivity index (χ3v) is 4.62. The van der Waals surface area contributed by atoms with Crippen molar-refractivity contribution in [2.45, 2.75) is 25.3 Å². The number of hydrogen-bond acceptors (Lipinski definition) is 3. The summed E-state index contributed by atoms with van der Waals surface area (Å²) in [6.45, 7) is 6.17. The van der Waals surface area contributed by atoms with Crippen molar-refractivity contribution in [2.75, 3.05) is 44.2 Å². The number of anilines is 1. The molecule has 5 nitrogen and oxygen atoms in total. The summed E-state index contributed by atoms with van der Waals surface area (Å²) in [5.41, 5.74) is 7.06. The van der Waals surface area contributed by atoms with Crippen LogP contribution >= 0.6 is 11.6 Å². The maximum atomic E-state index is 6.07. The molecule has 1 aromatic rings. The van der Waals surface area contributed by atoms with Gasteiger partial charge in [-0.05, 0) is 37.5 Å². The van der Waals surface area contributed by atoms with Crippen LogP contribution in [0.25, 0.3) is 0 Å². The second-order valence-corrected chi connectivity index (χ2v) is 6.78. The molecular formula is C17H26ClN5. The first-order valence-corrected chi connectivity index (χ1v) is 8.88. The van der Waals surface area contributed by atoms with E-state index in [9.17, 15) is 0 Å². The second kappa shape index (κ2) is 7.88. The van der Waals surface area contributed by atoms with E-state index in [0.717, 1.165) is 50.7 Å². The van der Waals surface area contributed by atoms with Crippen LogP contribution < -0.4 is 16.0 Å². The Kier molecular flexibility index (Phi) is 5.62. The normalized spacial score (nSPS) is 19.9. The Balaban J connectivity index is 1.34. The van der Waals surface area contributed by atoms with Gasteiger partial charge in [-0.15, -0.1) is 0 Å². The van der Waals surface area contributed by atoms with Crippen molar-refractivity contribution in [3.8, 4) is 0 Å². The van der Waals surface area contributed by atoms with Gasteiger partial charge in [0.25, 0.3) is 0 Å². The van der Waals surface area contributed by atoms with Gasteiger partial charge in [0, 0.05) is 56.0 Å². The molecule has 3 rings (SSSR count). The first-order valence-electron chi connectivity index (χ1n) is 8.50. The summed E-state index contributed by atoms with van der Waals surface area (Å²) in [6, 6.07) is 8.69. The SMILES string of the molecule is NC(=NCCCN1CCN(c2cccc(Cl)c2)CC1)NC1CC1. The quantitative estimate of drug-likeness (QED) is 0.474. The number of aliphatic imine (C=N–C) groups is 1. The molecule has 0 unspecified atom stereocenters. The third kappa shape index (κ3) is 5.29. The topological polar surface area (TPSA) is 56.9 Å². The van der Waals surface area contributed by atoms with Crippen molar-refractivity contribution >= 4 is 23.2 Å². The molecule has 0 radical (unpaired) electrons. The van der Waals surface area contributed by atoms with Crippen molar-refractivity contribution in [3.05, 3.63) is 29.3 Å². The zero-order chi connectivity index (χ0) is 16.1. The van der Waals surface area contributed by atoms with Gasteiger partial charge < -0.3 is 16.0 Å². The Morgan fingerprint density at radius 2 is 2.04 bits per heavy atom. The second-order valence-electron chi connectivity index (χ2n) is 6.35. The van der Waals surface area contributed by atoms with Gasteiger partial charge >= 0.3 is 0 Å². The van der Waals surface area contributed by atoms with E-state index in [2.05, 4.69) is 26.2 Å². The molecule has 6 heteroatoms. The van der Waals surface area contributed by atoms with Gasteiger partial charge in [-0.1, -0.05) is 17.7 Å². The molecule has 0 spiro atoms. The Morgan fingerprint density at radius 1 is 1.26 bits per heavy atom. The number of rotatable bonds is 6. The molecular weight excluding hydrogens is 310 g/mol. The van der Waals surface area contributed by atoms with Crippen LogP contribution in [0.15, 0.2) is 29.3 Å². The standard InChI is InChI=1S/C17H26ClN5/c18-14-3-1-4-16(13-14)23-11-9-22(10-12-23)8-2-7-20-17(19)21-15-5-6-15/h1,3-4,13,15H,2,5-12H2,(H3,19,20,21). The van der Waals surface area contributed by atoms with Crippen LogP contribution in [0, 0.1) is 0 Å². The Morgan fingerprint density at radius 3 is 2.74 bits per heavy atom. The Labute approximate surface area is 143 Å². The van der Waals surface area contributed by atoms with E-state index in [4.69, 9.17) is 17.3 Å². The van der Waals surface area contributed by atoms with Crippen molar-refractivity contribution in [1.29, 1.82) is 0 Å². The molecule has 1 saturated heterocycles. The van der Waals surface area contributed by atoms with Gasteiger partial charge in [-0.2, -0.15) is 0 Å². The lowest BCUT2D eigenvalue weighted by molar-refractivity contribution is 0.256. The lowest BCUT2D eigenvalue weighted by Gasteiger charge is -2.36. The molecule has 0 atom stereocenters. The van der Waals surface area contributed by atoms with Gasteiger partial charge in [0.1, 0.15) is 0 Å². The largest absolute Gasteiger partial charge is 0.370 e. The number of nitrogens with zero attached hydrogens (tertiary/aromatic N) is 3. The van der Waals surface area contributed by atoms with Crippen LogP contribution in [0.2, 0.25) is 5.02 Å². The van der Waals surface area contributed by atoms with Crippen LogP contribution in [0.3, 0.4) is 0 Å². The fraction of sp³-hybridized carbons (Fsp3) is 0.588. The smallest absolute Gasteiger partial charge is 0.188 e. The molecule has 0 bridgehead atoms. The summed E-state index contributed by atoms with van der Waals surface area (Å²) in [7, 11) is 0. The van der Waals surface area contributed by atoms with E-state index >= 15 is 0 Å². The summed E-state index contributed by atoms with van der Waals surface area (Å²) in [4.78, 5) is 9.29. The molecule has 1 aliphatic carbocycles. The minimum atomic E-state index is 0.582. The summed E-state index contributed by atoms with van der Waals surface area (Å²) in [5, 5.41) is 4.02. The van der Waals surface area contributed by atoms with E-state index in [1.807, 2.05) is 18.2 Å². The van der Waals surface area contributed by atoms with Gasteiger partial charge in [-0.3, -0.25) is 9.89 Å². The molecule has 1 heterocycles. The number of hydrogen-bond donors (Lipinski definition) is 2. The number of nitrogens with one attached hydrogen (secondary N) is 1. The molecule has 3 N–H and O–H groups in total. The Bertz CT molecular complexity index is 536. The molecule has 0 aromatic heterocycles. The van der Waals surface area contributed by atoms with Crippen LogP contribution in [-0.4, -0.2) is 56.2 Å². The molecule has 126 valence electrons. The van der Waals surface area contributed by atoms with Gasteiger partial charge in [0.05, 0.1) is 0 Å². The average molecular weight is 336 g/mol. The number of guanidine groups is 1. The first kappa shape index (κ1) is 16.4. The fourth-order valence-corrected chi connectivity index (χ4v) is 3.06. The number of nitrogens with two attached hydrogens (primary N) is 1. The highest BCUT2D eigenvalue weighted by atomic mass is 35.5. The molecule has 2 aliphatic rings. The summed E-state index contributed by atoms with van der Waals surface area (Å²) < 4.78 is 0. The van der Waals surface area contributed by atoms with Gasteiger partial charge in [0.2, 0.25) is 0 Å². The highest BCUT2D eigenvalue weighted by Gasteiger charge is 2.21. The summed E-state index contributed by atoms with van der Waals surface area (Å²) in [6.07, 6.45) is 3.52. The zero-order valence-electron chi connectivity index (χ0n) is 13.5. The molecule has 2 fully saturated rings. The van der Waals surface area contributed by atoms with Crippen molar-refractivity contribution in [2.24, 2.45) is 10.7 Å². The average Bonchev–Trinajstić information content (AvgIpc) is 3.36. The van der Waals surface area contributed by atoms with Crippen LogP contribution in [0.1, 0.15) is 19.3 Å². The highest BCUT2D eigenvalue weighted by molar-refractivity contribution is 6.30. The molecule has 23 heavy (non-hydrogen) atoms.